The van der Waals surface area contributed by atoms with Gasteiger partial charge in [-0.1, -0.05) is 17.7 Å². The molecule has 1 aromatic rings. The van der Waals surface area contributed by atoms with Crippen molar-refractivity contribution in [1.82, 2.24) is 0 Å². The predicted octanol–water partition coefficient (Wildman–Crippen LogP) is 3.66. The predicted molar refractivity (Wildman–Crippen MR) is 85.2 cm³/mol. The highest BCUT2D eigenvalue weighted by Gasteiger charge is 2.11. The van der Waals surface area contributed by atoms with Gasteiger partial charge in [-0.2, -0.15) is 5.26 Å². The van der Waals surface area contributed by atoms with Gasteiger partial charge in [0.05, 0.1) is 6.61 Å². The molecule has 0 aliphatic carbocycles. The van der Waals surface area contributed by atoms with E-state index in [4.69, 9.17) is 21.6 Å². The van der Waals surface area contributed by atoms with E-state index < -0.39 is 5.97 Å². The third-order valence-corrected chi connectivity index (χ3v) is 3.36. The highest BCUT2D eigenvalue weighted by molar-refractivity contribution is 6.32. The second-order valence-corrected chi connectivity index (χ2v) is 4.68. The lowest BCUT2D eigenvalue weighted by Gasteiger charge is -2.21. The molecule has 21 heavy (non-hydrogen) atoms. The molecule has 0 N–H and O–H groups in total. The number of nitrogens with zero attached hydrogens (tertiary/aromatic N) is 2. The molecule has 0 heterocycles. The molecule has 0 aliphatic heterocycles. The van der Waals surface area contributed by atoms with Gasteiger partial charge in [-0.3, -0.25) is 0 Å². The third kappa shape index (κ3) is 4.51. The summed E-state index contributed by atoms with van der Waals surface area (Å²) in [6.07, 6.45) is 1.45. The number of halogens is 1. The zero-order valence-corrected chi connectivity index (χ0v) is 13.3. The molecule has 0 spiro atoms. The first-order valence-electron chi connectivity index (χ1n) is 6.90. The van der Waals surface area contributed by atoms with Crippen LogP contribution in [0.4, 0.5) is 5.69 Å². The maximum absolute atomic E-state index is 11.6. The molecule has 0 aliphatic rings. The van der Waals surface area contributed by atoms with Gasteiger partial charge in [-0.05, 0) is 44.5 Å². The van der Waals surface area contributed by atoms with Crippen LogP contribution in [0.1, 0.15) is 26.3 Å². The molecule has 1 rings (SSSR count). The van der Waals surface area contributed by atoms with Crippen LogP contribution in [0.2, 0.25) is 5.02 Å². The summed E-state index contributed by atoms with van der Waals surface area (Å²) in [5, 5.41) is 9.52. The molecule has 1 aromatic carbocycles. The van der Waals surface area contributed by atoms with E-state index in [9.17, 15) is 4.79 Å². The molecule has 112 valence electrons. The zero-order chi connectivity index (χ0) is 15.8. The summed E-state index contributed by atoms with van der Waals surface area (Å²) in [7, 11) is 0. The van der Waals surface area contributed by atoms with E-state index in [0.717, 1.165) is 18.8 Å². The molecule has 0 fully saturated rings. The molecule has 0 bridgehead atoms. The van der Waals surface area contributed by atoms with Gasteiger partial charge >= 0.3 is 5.97 Å². The number of rotatable bonds is 6. The van der Waals surface area contributed by atoms with E-state index >= 15 is 0 Å². The molecule has 0 radical (unpaired) electrons. The Balaban J connectivity index is 3.10. The van der Waals surface area contributed by atoms with Crippen molar-refractivity contribution >= 4 is 29.3 Å². The van der Waals surface area contributed by atoms with Gasteiger partial charge < -0.3 is 9.64 Å². The second kappa shape index (κ2) is 8.33. The molecule has 0 unspecified atom stereocenters. The van der Waals surface area contributed by atoms with Gasteiger partial charge in [0.1, 0.15) is 11.6 Å². The average Bonchev–Trinajstić information content (AvgIpc) is 2.48. The Morgan fingerprint density at radius 2 is 2.05 bits per heavy atom. The lowest BCUT2D eigenvalue weighted by molar-refractivity contribution is -0.137. The van der Waals surface area contributed by atoms with Crippen LogP contribution in [0.5, 0.6) is 0 Å². The molecular weight excluding hydrogens is 288 g/mol. The van der Waals surface area contributed by atoms with Crippen LogP contribution in [-0.2, 0) is 9.53 Å². The first kappa shape index (κ1) is 17.1. The molecular formula is C16H19ClN2O2. The zero-order valence-electron chi connectivity index (χ0n) is 12.5. The summed E-state index contributed by atoms with van der Waals surface area (Å²) in [5.74, 6) is -0.635. The number of esters is 1. The van der Waals surface area contributed by atoms with E-state index in [0.29, 0.717) is 10.6 Å². The van der Waals surface area contributed by atoms with E-state index in [1.165, 1.54) is 6.08 Å². The summed E-state index contributed by atoms with van der Waals surface area (Å²) in [6.45, 7) is 7.83. The van der Waals surface area contributed by atoms with Gasteiger partial charge in [0, 0.05) is 23.8 Å². The normalized spacial score (nSPS) is 10.9. The van der Waals surface area contributed by atoms with Crippen LogP contribution in [0.15, 0.2) is 23.8 Å². The Morgan fingerprint density at radius 3 is 2.52 bits per heavy atom. The highest BCUT2D eigenvalue weighted by Crippen LogP contribution is 2.25. The van der Waals surface area contributed by atoms with Gasteiger partial charge in [-0.25, -0.2) is 4.79 Å². The molecule has 5 heteroatoms. The number of benzene rings is 1. The van der Waals surface area contributed by atoms with Crippen molar-refractivity contribution in [1.29, 1.82) is 5.26 Å². The molecule has 4 nitrogen and oxygen atoms in total. The number of hydrogen-bond donors (Lipinski definition) is 0. The van der Waals surface area contributed by atoms with Crippen LogP contribution in [0.25, 0.3) is 6.08 Å². The topological polar surface area (TPSA) is 53.3 Å². The Morgan fingerprint density at radius 1 is 1.38 bits per heavy atom. The van der Waals surface area contributed by atoms with Gasteiger partial charge in [0.15, 0.2) is 0 Å². The second-order valence-electron chi connectivity index (χ2n) is 4.27. The van der Waals surface area contributed by atoms with Gasteiger partial charge in [-0.15, -0.1) is 0 Å². The van der Waals surface area contributed by atoms with Crippen molar-refractivity contribution in [3.8, 4) is 6.07 Å². The largest absolute Gasteiger partial charge is 0.462 e. The Kier molecular flexibility index (Phi) is 6.77. The van der Waals surface area contributed by atoms with Crippen molar-refractivity contribution in [2.45, 2.75) is 20.8 Å². The number of carbonyl (C=O) groups excluding carboxylic acids is 1. The van der Waals surface area contributed by atoms with Gasteiger partial charge in [0.2, 0.25) is 0 Å². The standard InChI is InChI=1S/C16H19ClN2O2/c1-4-19(5-2)14-8-7-12(15(17)10-14)9-13(11-18)16(20)21-6-3/h7-10H,4-6H2,1-3H3. The van der Waals surface area contributed by atoms with Crippen LogP contribution >= 0.6 is 11.6 Å². The summed E-state index contributed by atoms with van der Waals surface area (Å²) < 4.78 is 4.82. The minimum atomic E-state index is -0.635. The lowest BCUT2D eigenvalue weighted by Crippen LogP contribution is -2.21. The van der Waals surface area contributed by atoms with Crippen LogP contribution < -0.4 is 4.90 Å². The summed E-state index contributed by atoms with van der Waals surface area (Å²) >= 11 is 6.24. The highest BCUT2D eigenvalue weighted by atomic mass is 35.5. The van der Waals surface area contributed by atoms with Crippen molar-refractivity contribution < 1.29 is 9.53 Å². The fourth-order valence-electron chi connectivity index (χ4n) is 1.92. The maximum atomic E-state index is 11.6. The van der Waals surface area contributed by atoms with Gasteiger partial charge in [0.25, 0.3) is 0 Å². The quantitative estimate of drug-likeness (QED) is 0.457. The van der Waals surface area contributed by atoms with Crippen molar-refractivity contribution in [3.05, 3.63) is 34.4 Å². The maximum Gasteiger partial charge on any atom is 0.348 e. The summed E-state index contributed by atoms with van der Waals surface area (Å²) in [6, 6.07) is 7.39. The number of carbonyl (C=O) groups is 1. The number of ether oxygens (including phenoxy) is 1. The van der Waals surface area contributed by atoms with Crippen molar-refractivity contribution in [3.63, 3.8) is 0 Å². The number of anilines is 1. The first-order chi connectivity index (χ1) is 10.1. The minimum absolute atomic E-state index is 0.0608. The van der Waals surface area contributed by atoms with E-state index in [1.807, 2.05) is 18.2 Å². The smallest absolute Gasteiger partial charge is 0.348 e. The van der Waals surface area contributed by atoms with Crippen LogP contribution in [-0.4, -0.2) is 25.7 Å². The van der Waals surface area contributed by atoms with E-state index in [-0.39, 0.29) is 12.2 Å². The Hall–Kier alpha value is -1.99. The fraction of sp³-hybridized carbons (Fsp3) is 0.375. The monoisotopic (exact) mass is 306 g/mol. The minimum Gasteiger partial charge on any atom is -0.462 e. The molecule has 0 saturated heterocycles. The third-order valence-electron chi connectivity index (χ3n) is 3.03. The van der Waals surface area contributed by atoms with Crippen molar-refractivity contribution in [2.75, 3.05) is 24.6 Å². The SMILES string of the molecule is CCOC(=O)C(C#N)=Cc1ccc(N(CC)CC)cc1Cl. The Labute approximate surface area is 130 Å². The molecule has 0 amide bonds. The summed E-state index contributed by atoms with van der Waals surface area (Å²) in [4.78, 5) is 13.8. The summed E-state index contributed by atoms with van der Waals surface area (Å²) in [5.41, 5.74) is 1.57. The molecule has 0 atom stereocenters. The average molecular weight is 307 g/mol. The first-order valence-corrected chi connectivity index (χ1v) is 7.28. The van der Waals surface area contributed by atoms with E-state index in [2.05, 4.69) is 18.7 Å². The fourth-order valence-corrected chi connectivity index (χ4v) is 2.15. The van der Waals surface area contributed by atoms with E-state index in [1.54, 1.807) is 13.0 Å². The molecule has 0 saturated carbocycles. The number of nitriles is 1. The lowest BCUT2D eigenvalue weighted by atomic mass is 10.1. The van der Waals surface area contributed by atoms with Crippen LogP contribution in [0, 0.1) is 11.3 Å². The number of hydrogen-bond acceptors (Lipinski definition) is 4. The Bertz CT molecular complexity index is 572. The molecule has 0 aromatic heterocycles. The van der Waals surface area contributed by atoms with Crippen LogP contribution in [0.3, 0.4) is 0 Å². The van der Waals surface area contributed by atoms with Crippen molar-refractivity contribution in [2.24, 2.45) is 0 Å².